The van der Waals surface area contributed by atoms with Crippen LogP contribution in [0.3, 0.4) is 0 Å². The quantitative estimate of drug-likeness (QED) is 0.750. The lowest BCUT2D eigenvalue weighted by Gasteiger charge is -2.46. The summed E-state index contributed by atoms with van der Waals surface area (Å²) in [7, 11) is 2.04. The van der Waals surface area contributed by atoms with Crippen LogP contribution in [0.25, 0.3) is 0 Å². The van der Waals surface area contributed by atoms with Gasteiger partial charge in [0, 0.05) is 51.0 Å². The van der Waals surface area contributed by atoms with Gasteiger partial charge in [0.15, 0.2) is 0 Å². The standard InChI is InChI=1S/C25H30N4O2/c1-18-6-9-20(10-7-18)27-13-15-28(16-14-27)24(30)19-8-11-21-22(17-19)26(2)23-5-3-4-12-29(23)25(21)31/h6-11,17,23H,3-5,12-16H2,1-2H3. The molecule has 0 aromatic heterocycles. The molecule has 3 aliphatic rings. The Balaban J connectivity index is 1.31. The number of hydrogen-bond acceptors (Lipinski definition) is 4. The number of aryl methyl sites for hydroxylation is 1. The van der Waals surface area contributed by atoms with Crippen LogP contribution in [0.15, 0.2) is 42.5 Å². The first-order valence-corrected chi connectivity index (χ1v) is 11.3. The first kappa shape index (κ1) is 19.9. The van der Waals surface area contributed by atoms with Crippen molar-refractivity contribution < 1.29 is 9.59 Å². The van der Waals surface area contributed by atoms with Gasteiger partial charge in [0.2, 0.25) is 0 Å². The topological polar surface area (TPSA) is 47.1 Å². The van der Waals surface area contributed by atoms with Gasteiger partial charge >= 0.3 is 0 Å². The van der Waals surface area contributed by atoms with Crippen molar-refractivity contribution in [3.8, 4) is 0 Å². The van der Waals surface area contributed by atoms with Crippen LogP contribution in [0.2, 0.25) is 0 Å². The van der Waals surface area contributed by atoms with Crippen LogP contribution < -0.4 is 9.80 Å². The average Bonchev–Trinajstić information content (AvgIpc) is 2.82. The van der Waals surface area contributed by atoms with E-state index in [1.165, 1.54) is 11.3 Å². The molecule has 2 aromatic carbocycles. The first-order valence-electron chi connectivity index (χ1n) is 11.3. The SMILES string of the molecule is Cc1ccc(N2CCN(C(=O)c3ccc4c(c3)N(C)C3CCCCN3C4=O)CC2)cc1. The molecule has 6 nitrogen and oxygen atoms in total. The zero-order valence-electron chi connectivity index (χ0n) is 18.4. The Kier molecular flexibility index (Phi) is 5.08. The lowest BCUT2D eigenvalue weighted by Crippen LogP contribution is -2.56. The van der Waals surface area contributed by atoms with E-state index in [1.807, 2.05) is 35.0 Å². The molecule has 0 saturated carbocycles. The summed E-state index contributed by atoms with van der Waals surface area (Å²) in [5.41, 5.74) is 4.73. The van der Waals surface area contributed by atoms with E-state index in [0.717, 1.165) is 44.6 Å². The van der Waals surface area contributed by atoms with Crippen molar-refractivity contribution >= 4 is 23.2 Å². The number of amides is 2. The van der Waals surface area contributed by atoms with E-state index < -0.39 is 0 Å². The number of hydrogen-bond donors (Lipinski definition) is 0. The lowest BCUT2D eigenvalue weighted by atomic mass is 9.97. The summed E-state index contributed by atoms with van der Waals surface area (Å²) < 4.78 is 0. The van der Waals surface area contributed by atoms with Crippen LogP contribution in [0, 0.1) is 6.92 Å². The molecular weight excluding hydrogens is 388 g/mol. The van der Waals surface area contributed by atoms with Gasteiger partial charge in [-0.15, -0.1) is 0 Å². The van der Waals surface area contributed by atoms with Gasteiger partial charge in [-0.1, -0.05) is 17.7 Å². The van der Waals surface area contributed by atoms with Crippen LogP contribution in [0.1, 0.15) is 45.5 Å². The van der Waals surface area contributed by atoms with Crippen molar-refractivity contribution in [3.63, 3.8) is 0 Å². The molecule has 2 amide bonds. The number of anilines is 2. The van der Waals surface area contributed by atoms with Crippen LogP contribution in [0.4, 0.5) is 11.4 Å². The molecule has 31 heavy (non-hydrogen) atoms. The number of carbonyl (C=O) groups excluding carboxylic acids is 2. The van der Waals surface area contributed by atoms with Crippen molar-refractivity contribution in [2.75, 3.05) is 49.6 Å². The van der Waals surface area contributed by atoms with Crippen LogP contribution in [-0.4, -0.2) is 67.6 Å². The van der Waals surface area contributed by atoms with Gasteiger partial charge in [0.1, 0.15) is 6.17 Å². The van der Waals surface area contributed by atoms with Gasteiger partial charge in [-0.05, 0) is 56.5 Å². The van der Waals surface area contributed by atoms with E-state index in [-0.39, 0.29) is 18.0 Å². The minimum absolute atomic E-state index is 0.0540. The summed E-state index contributed by atoms with van der Waals surface area (Å²) >= 11 is 0. The van der Waals surface area contributed by atoms with Crippen molar-refractivity contribution in [1.82, 2.24) is 9.80 Å². The molecule has 1 unspecified atom stereocenters. The maximum Gasteiger partial charge on any atom is 0.257 e. The van der Waals surface area contributed by atoms with Crippen molar-refractivity contribution in [1.29, 1.82) is 0 Å². The molecular formula is C25H30N4O2. The molecule has 2 aromatic rings. The summed E-state index contributed by atoms with van der Waals surface area (Å²) in [6.45, 7) is 5.98. The smallest absolute Gasteiger partial charge is 0.257 e. The molecule has 6 heteroatoms. The molecule has 2 fully saturated rings. The molecule has 5 rings (SSSR count). The predicted octanol–water partition coefficient (Wildman–Crippen LogP) is 3.36. The van der Waals surface area contributed by atoms with Crippen LogP contribution >= 0.6 is 0 Å². The Hall–Kier alpha value is -3.02. The Labute approximate surface area is 184 Å². The van der Waals surface area contributed by atoms with Crippen molar-refractivity contribution in [2.24, 2.45) is 0 Å². The highest BCUT2D eigenvalue weighted by atomic mass is 16.2. The summed E-state index contributed by atoms with van der Waals surface area (Å²) in [5, 5.41) is 0. The summed E-state index contributed by atoms with van der Waals surface area (Å²) in [6.07, 6.45) is 3.30. The van der Waals surface area contributed by atoms with Gasteiger partial charge in [0.25, 0.3) is 11.8 Å². The summed E-state index contributed by atoms with van der Waals surface area (Å²) in [4.78, 5) is 34.6. The van der Waals surface area contributed by atoms with Crippen LogP contribution in [-0.2, 0) is 0 Å². The molecule has 0 radical (unpaired) electrons. The van der Waals surface area contributed by atoms with E-state index in [1.54, 1.807) is 0 Å². The maximum absolute atomic E-state index is 13.2. The third-order valence-corrected chi connectivity index (χ3v) is 7.00. The van der Waals surface area contributed by atoms with E-state index in [4.69, 9.17) is 0 Å². The summed E-state index contributed by atoms with van der Waals surface area (Å²) in [5.74, 6) is 0.154. The Bertz CT molecular complexity index is 995. The third-order valence-electron chi connectivity index (χ3n) is 7.00. The normalized spacial score (nSPS) is 21.1. The van der Waals surface area contributed by atoms with E-state index in [9.17, 15) is 9.59 Å². The van der Waals surface area contributed by atoms with Gasteiger partial charge in [-0.25, -0.2) is 0 Å². The van der Waals surface area contributed by atoms with Crippen molar-refractivity contribution in [3.05, 3.63) is 59.2 Å². The molecule has 0 bridgehead atoms. The Morgan fingerprint density at radius 1 is 0.935 bits per heavy atom. The van der Waals surface area contributed by atoms with E-state index >= 15 is 0 Å². The Morgan fingerprint density at radius 2 is 1.68 bits per heavy atom. The van der Waals surface area contributed by atoms with Crippen molar-refractivity contribution in [2.45, 2.75) is 32.4 Å². The van der Waals surface area contributed by atoms with E-state index in [2.05, 4.69) is 41.0 Å². The number of carbonyl (C=O) groups is 2. The number of nitrogens with zero attached hydrogens (tertiary/aromatic N) is 4. The highest BCUT2D eigenvalue weighted by molar-refractivity contribution is 6.04. The third kappa shape index (κ3) is 3.54. The zero-order valence-corrected chi connectivity index (χ0v) is 18.4. The minimum atomic E-state index is 0.0540. The predicted molar refractivity (Wildman–Crippen MR) is 123 cm³/mol. The second kappa shape index (κ2) is 7.91. The largest absolute Gasteiger partial charge is 0.368 e. The average molecular weight is 419 g/mol. The van der Waals surface area contributed by atoms with Gasteiger partial charge in [0.05, 0.1) is 11.3 Å². The van der Waals surface area contributed by atoms with Gasteiger partial charge in [-0.3, -0.25) is 9.59 Å². The number of piperazine rings is 1. The monoisotopic (exact) mass is 418 g/mol. The highest BCUT2D eigenvalue weighted by Crippen LogP contribution is 2.35. The zero-order chi connectivity index (χ0) is 21.5. The fraction of sp³-hybridized carbons (Fsp3) is 0.440. The molecule has 3 heterocycles. The number of piperidine rings is 1. The molecule has 0 spiro atoms. The molecule has 0 aliphatic carbocycles. The number of fused-ring (bicyclic) bond motifs is 2. The lowest BCUT2D eigenvalue weighted by molar-refractivity contribution is 0.0588. The molecule has 162 valence electrons. The number of benzene rings is 2. The summed E-state index contributed by atoms with van der Waals surface area (Å²) in [6, 6.07) is 14.2. The molecule has 1 atom stereocenters. The molecule has 3 aliphatic heterocycles. The maximum atomic E-state index is 13.2. The van der Waals surface area contributed by atoms with Crippen LogP contribution in [0.5, 0.6) is 0 Å². The first-order chi connectivity index (χ1) is 15.0. The molecule has 0 N–H and O–H groups in total. The van der Waals surface area contributed by atoms with Gasteiger partial charge in [-0.2, -0.15) is 0 Å². The highest BCUT2D eigenvalue weighted by Gasteiger charge is 2.37. The fourth-order valence-corrected chi connectivity index (χ4v) is 5.11. The minimum Gasteiger partial charge on any atom is -0.368 e. The fourth-order valence-electron chi connectivity index (χ4n) is 5.11. The second-order valence-electron chi connectivity index (χ2n) is 8.93. The van der Waals surface area contributed by atoms with E-state index in [0.29, 0.717) is 24.2 Å². The van der Waals surface area contributed by atoms with Gasteiger partial charge < -0.3 is 19.6 Å². The molecule has 2 saturated heterocycles. The number of rotatable bonds is 2. The second-order valence-corrected chi connectivity index (χ2v) is 8.93. The Morgan fingerprint density at radius 3 is 2.42 bits per heavy atom.